The standard InChI is InChI=1S/C15H23IN3O3/c1-10(2)18-13-7-6-12(16-9-17(21)22-5)8-14(13)19(11(3)4)15(18)20/h6-8,10-11,17H,9H2,1-5H3/q-1. The van der Waals surface area contributed by atoms with Crippen molar-refractivity contribution in [3.05, 3.63) is 37.5 Å². The molecule has 0 aliphatic heterocycles. The number of nitrogens with zero attached hydrogens (tertiary/aromatic N) is 2. The fraction of sp³-hybridized carbons (Fsp3) is 0.533. The molecule has 0 aliphatic carbocycles. The van der Waals surface area contributed by atoms with Crippen LogP contribution >= 0.6 is 0 Å². The van der Waals surface area contributed by atoms with Crippen LogP contribution in [-0.2, 0) is 4.84 Å². The third kappa shape index (κ3) is 3.37. The molecule has 0 amide bonds. The van der Waals surface area contributed by atoms with Crippen LogP contribution in [0.1, 0.15) is 39.8 Å². The number of halogens is 1. The number of benzene rings is 1. The topological polar surface area (TPSA) is 63.7 Å². The normalized spacial score (nSPS) is 13.6. The summed E-state index contributed by atoms with van der Waals surface area (Å²) in [4.78, 5) is 17.4. The number of alkyl halides is 1. The van der Waals surface area contributed by atoms with E-state index in [9.17, 15) is 10.0 Å². The molecule has 0 saturated carbocycles. The monoisotopic (exact) mass is 420 g/mol. The molecule has 1 atom stereocenters. The van der Waals surface area contributed by atoms with Gasteiger partial charge in [0.1, 0.15) is 0 Å². The zero-order valence-electron chi connectivity index (χ0n) is 13.6. The van der Waals surface area contributed by atoms with Gasteiger partial charge >= 0.3 is 140 Å². The summed E-state index contributed by atoms with van der Waals surface area (Å²) in [6.07, 6.45) is 0. The molecule has 0 spiro atoms. The summed E-state index contributed by atoms with van der Waals surface area (Å²) in [5.74, 6) is 0. The molecule has 0 saturated heterocycles. The number of imidazole rings is 1. The number of hydrogen-bond acceptors (Lipinski definition) is 3. The molecule has 0 aliphatic rings. The Kier molecular flexibility index (Phi) is 5.65. The Morgan fingerprint density at radius 3 is 2.32 bits per heavy atom. The van der Waals surface area contributed by atoms with Crippen molar-refractivity contribution in [2.24, 2.45) is 0 Å². The summed E-state index contributed by atoms with van der Waals surface area (Å²) < 4.78 is 5.27. The number of aromatic nitrogens is 2. The number of hydrogen-bond donors (Lipinski definition) is 1. The van der Waals surface area contributed by atoms with Gasteiger partial charge in [0.15, 0.2) is 0 Å². The van der Waals surface area contributed by atoms with Crippen molar-refractivity contribution in [1.82, 2.24) is 9.13 Å². The van der Waals surface area contributed by atoms with E-state index in [1.165, 1.54) is 7.11 Å². The number of quaternary nitrogens is 1. The van der Waals surface area contributed by atoms with Crippen LogP contribution < -0.4 is 32.1 Å². The molecule has 1 heterocycles. The number of nitrogens with one attached hydrogen (secondary N) is 1. The zero-order chi connectivity index (χ0) is 16.4. The summed E-state index contributed by atoms with van der Waals surface area (Å²) in [5, 5.41) is 11.1. The predicted octanol–water partition coefficient (Wildman–Crippen LogP) is -1.87. The van der Waals surface area contributed by atoms with Gasteiger partial charge in [-0.05, 0) is 0 Å². The van der Waals surface area contributed by atoms with E-state index in [2.05, 4.69) is 6.07 Å². The van der Waals surface area contributed by atoms with Gasteiger partial charge in [0, 0.05) is 0 Å². The molecule has 2 rings (SSSR count). The van der Waals surface area contributed by atoms with Crippen molar-refractivity contribution in [2.45, 2.75) is 39.8 Å². The summed E-state index contributed by atoms with van der Waals surface area (Å²) in [6, 6.07) is 6.31. The summed E-state index contributed by atoms with van der Waals surface area (Å²) in [5.41, 5.74) is 1.94. The Bertz CT molecular complexity index is 706. The van der Waals surface area contributed by atoms with Gasteiger partial charge in [-0.15, -0.1) is 0 Å². The Morgan fingerprint density at radius 2 is 1.77 bits per heavy atom. The van der Waals surface area contributed by atoms with Crippen molar-refractivity contribution < 1.29 is 31.3 Å². The maximum atomic E-state index is 12.7. The van der Waals surface area contributed by atoms with Crippen LogP contribution in [0.15, 0.2) is 23.0 Å². The van der Waals surface area contributed by atoms with Crippen LogP contribution in [0.3, 0.4) is 0 Å². The SMILES string of the molecule is CO[NH+]([O-])C[I-]c1ccc2c(c1)n(C(C)C)c(=O)n2C(C)C. The van der Waals surface area contributed by atoms with Crippen LogP contribution in [0.25, 0.3) is 11.0 Å². The molecule has 0 bridgehead atoms. The molecule has 1 N–H and O–H groups in total. The van der Waals surface area contributed by atoms with Crippen LogP contribution in [0.4, 0.5) is 0 Å². The van der Waals surface area contributed by atoms with Crippen molar-refractivity contribution in [1.29, 1.82) is 0 Å². The quantitative estimate of drug-likeness (QED) is 0.258. The Balaban J connectivity index is 2.51. The van der Waals surface area contributed by atoms with Gasteiger partial charge in [0.05, 0.1) is 0 Å². The number of fused-ring (bicyclic) bond motifs is 1. The van der Waals surface area contributed by atoms with Gasteiger partial charge in [0.25, 0.3) is 0 Å². The third-order valence-corrected chi connectivity index (χ3v) is 6.02. The molecule has 22 heavy (non-hydrogen) atoms. The van der Waals surface area contributed by atoms with E-state index < -0.39 is 21.2 Å². The summed E-state index contributed by atoms with van der Waals surface area (Å²) >= 11 is -0.443. The minimum atomic E-state index is -0.443. The average Bonchev–Trinajstić information content (AvgIpc) is 2.75. The van der Waals surface area contributed by atoms with Gasteiger partial charge in [-0.25, -0.2) is 0 Å². The van der Waals surface area contributed by atoms with E-state index in [1.54, 1.807) is 0 Å². The molecule has 7 heteroatoms. The zero-order valence-corrected chi connectivity index (χ0v) is 15.7. The average molecular weight is 420 g/mol. The van der Waals surface area contributed by atoms with Gasteiger partial charge in [-0.1, -0.05) is 0 Å². The molecule has 0 radical (unpaired) electrons. The van der Waals surface area contributed by atoms with Crippen molar-refractivity contribution in [3.8, 4) is 0 Å². The fourth-order valence-electron chi connectivity index (χ4n) is 2.48. The third-order valence-electron chi connectivity index (χ3n) is 3.46. The van der Waals surface area contributed by atoms with E-state index in [-0.39, 0.29) is 23.0 Å². The first-order chi connectivity index (χ1) is 10.4. The first-order valence-electron chi connectivity index (χ1n) is 7.29. The van der Waals surface area contributed by atoms with E-state index in [1.807, 2.05) is 49.0 Å². The van der Waals surface area contributed by atoms with Gasteiger partial charge in [-0.3, -0.25) is 0 Å². The number of hydroxylamine groups is 2. The van der Waals surface area contributed by atoms with E-state index in [0.29, 0.717) is 4.55 Å². The summed E-state index contributed by atoms with van der Waals surface area (Å²) in [6.45, 7) is 8.07. The molecular weight excluding hydrogens is 397 g/mol. The number of rotatable bonds is 6. The van der Waals surface area contributed by atoms with Crippen molar-refractivity contribution >= 4 is 11.0 Å². The second kappa shape index (κ2) is 7.12. The second-order valence-corrected chi connectivity index (χ2v) is 8.46. The fourth-order valence-corrected chi connectivity index (χ4v) is 4.50. The molecule has 1 aromatic heterocycles. The van der Waals surface area contributed by atoms with Crippen molar-refractivity contribution in [3.63, 3.8) is 0 Å². The first-order valence-corrected chi connectivity index (χ1v) is 9.89. The van der Waals surface area contributed by atoms with Gasteiger partial charge in [0.2, 0.25) is 0 Å². The molecule has 6 nitrogen and oxygen atoms in total. The van der Waals surface area contributed by atoms with Gasteiger partial charge in [-0.2, -0.15) is 0 Å². The second-order valence-electron chi connectivity index (χ2n) is 5.69. The minimum absolute atomic E-state index is 0.0308. The molecule has 0 fully saturated rings. The Hall–Kier alpha value is -0.900. The van der Waals surface area contributed by atoms with Crippen LogP contribution in [0.2, 0.25) is 0 Å². The Morgan fingerprint density at radius 1 is 1.18 bits per heavy atom. The van der Waals surface area contributed by atoms with E-state index >= 15 is 0 Å². The van der Waals surface area contributed by atoms with Crippen LogP contribution in [-0.4, -0.2) is 20.8 Å². The molecule has 1 aromatic carbocycles. The van der Waals surface area contributed by atoms with Crippen molar-refractivity contribution in [2.75, 3.05) is 11.7 Å². The van der Waals surface area contributed by atoms with E-state index in [4.69, 9.17) is 4.84 Å². The van der Waals surface area contributed by atoms with Crippen LogP contribution in [0.5, 0.6) is 0 Å². The summed E-state index contributed by atoms with van der Waals surface area (Å²) in [7, 11) is 1.41. The predicted molar refractivity (Wildman–Crippen MR) is 81.9 cm³/mol. The first kappa shape index (κ1) is 17.5. The molecular formula is C15H23IN3O3-. The molecule has 2 aromatic rings. The Labute approximate surface area is 140 Å². The molecule has 1 unspecified atom stereocenters. The van der Waals surface area contributed by atoms with Gasteiger partial charge < -0.3 is 0 Å². The van der Waals surface area contributed by atoms with E-state index in [0.717, 1.165) is 14.6 Å². The molecule has 124 valence electrons. The van der Waals surface area contributed by atoms with Crippen LogP contribution in [0, 0.1) is 8.78 Å². The maximum absolute atomic E-state index is 12.7.